The molecule has 1 aliphatic carbocycles. The van der Waals surface area contributed by atoms with E-state index in [1.54, 1.807) is 4.68 Å². The SMILES string of the molecule is Cc1ccc(-n2nc(C)cc2NC(=O)CSc2nnc(C)n2C2CCCCC2)cc1. The number of aromatic nitrogens is 5. The lowest BCUT2D eigenvalue weighted by molar-refractivity contribution is -0.113. The van der Waals surface area contributed by atoms with Crippen molar-refractivity contribution >= 4 is 23.5 Å². The summed E-state index contributed by atoms with van der Waals surface area (Å²) in [5.74, 6) is 1.80. The molecule has 7 nitrogen and oxygen atoms in total. The van der Waals surface area contributed by atoms with Crippen LogP contribution in [0.1, 0.15) is 55.2 Å². The van der Waals surface area contributed by atoms with Gasteiger partial charge in [0.2, 0.25) is 5.91 Å². The molecular weight excluding hydrogens is 396 g/mol. The lowest BCUT2D eigenvalue weighted by Crippen LogP contribution is -2.18. The maximum Gasteiger partial charge on any atom is 0.236 e. The fourth-order valence-corrected chi connectivity index (χ4v) is 4.84. The van der Waals surface area contributed by atoms with Gasteiger partial charge in [0.25, 0.3) is 0 Å². The molecule has 1 aromatic carbocycles. The number of anilines is 1. The summed E-state index contributed by atoms with van der Waals surface area (Å²) in [7, 11) is 0. The smallest absolute Gasteiger partial charge is 0.236 e. The molecule has 0 unspecified atom stereocenters. The van der Waals surface area contributed by atoms with E-state index >= 15 is 0 Å². The minimum absolute atomic E-state index is 0.0795. The van der Waals surface area contributed by atoms with Crippen LogP contribution in [0, 0.1) is 20.8 Å². The monoisotopic (exact) mass is 424 g/mol. The highest BCUT2D eigenvalue weighted by molar-refractivity contribution is 7.99. The summed E-state index contributed by atoms with van der Waals surface area (Å²) < 4.78 is 3.99. The number of carbonyl (C=O) groups is 1. The Morgan fingerprint density at radius 2 is 1.83 bits per heavy atom. The fraction of sp³-hybridized carbons (Fsp3) is 0.455. The van der Waals surface area contributed by atoms with Crippen LogP contribution in [0.15, 0.2) is 35.5 Å². The maximum atomic E-state index is 12.7. The molecular formula is C22H28N6OS. The van der Waals surface area contributed by atoms with Crippen molar-refractivity contribution in [3.05, 3.63) is 47.4 Å². The predicted octanol–water partition coefficient (Wildman–Crippen LogP) is 4.63. The molecule has 2 aromatic heterocycles. The van der Waals surface area contributed by atoms with E-state index in [0.717, 1.165) is 35.2 Å². The van der Waals surface area contributed by atoms with Crippen LogP contribution in [0.3, 0.4) is 0 Å². The van der Waals surface area contributed by atoms with Crippen LogP contribution >= 0.6 is 11.8 Å². The molecule has 1 amide bonds. The molecule has 0 spiro atoms. The molecule has 3 aromatic rings. The van der Waals surface area contributed by atoms with Crippen molar-refractivity contribution in [2.45, 2.75) is 64.1 Å². The Hall–Kier alpha value is -2.61. The highest BCUT2D eigenvalue weighted by Crippen LogP contribution is 2.32. The number of thioether (sulfide) groups is 1. The van der Waals surface area contributed by atoms with E-state index in [0.29, 0.717) is 11.9 Å². The number of hydrogen-bond acceptors (Lipinski definition) is 5. The third kappa shape index (κ3) is 4.59. The van der Waals surface area contributed by atoms with Crippen molar-refractivity contribution < 1.29 is 4.79 Å². The topological polar surface area (TPSA) is 77.6 Å². The summed E-state index contributed by atoms with van der Waals surface area (Å²) in [5, 5.41) is 17.0. The zero-order valence-electron chi connectivity index (χ0n) is 17.8. The molecule has 4 rings (SSSR count). The summed E-state index contributed by atoms with van der Waals surface area (Å²) in [4.78, 5) is 12.7. The number of carbonyl (C=O) groups excluding carboxylic acids is 1. The van der Waals surface area contributed by atoms with Crippen molar-refractivity contribution in [2.24, 2.45) is 0 Å². The van der Waals surface area contributed by atoms with Gasteiger partial charge in [0.05, 0.1) is 17.1 Å². The lowest BCUT2D eigenvalue weighted by atomic mass is 9.95. The minimum Gasteiger partial charge on any atom is -0.310 e. The number of nitrogens with zero attached hydrogens (tertiary/aromatic N) is 5. The molecule has 2 heterocycles. The van der Waals surface area contributed by atoms with Gasteiger partial charge in [-0.1, -0.05) is 48.7 Å². The number of aryl methyl sites for hydroxylation is 3. The third-order valence-corrected chi connectivity index (χ3v) is 6.43. The Labute approximate surface area is 181 Å². The molecule has 1 saturated carbocycles. The fourth-order valence-electron chi connectivity index (χ4n) is 3.99. The van der Waals surface area contributed by atoms with Gasteiger partial charge in [-0.2, -0.15) is 5.10 Å². The van der Waals surface area contributed by atoms with E-state index in [1.165, 1.54) is 36.6 Å². The second-order valence-electron chi connectivity index (χ2n) is 7.95. The second-order valence-corrected chi connectivity index (χ2v) is 8.89. The Morgan fingerprint density at radius 3 is 2.57 bits per heavy atom. The summed E-state index contributed by atoms with van der Waals surface area (Å²) in [6, 6.07) is 10.4. The minimum atomic E-state index is -0.0795. The molecule has 0 radical (unpaired) electrons. The largest absolute Gasteiger partial charge is 0.310 e. The zero-order chi connectivity index (χ0) is 21.1. The molecule has 0 bridgehead atoms. The molecule has 1 aliphatic rings. The van der Waals surface area contributed by atoms with Crippen LogP contribution in [0.4, 0.5) is 5.82 Å². The molecule has 0 aliphatic heterocycles. The summed E-state index contributed by atoms with van der Waals surface area (Å²) in [6.07, 6.45) is 6.11. The second kappa shape index (κ2) is 9.04. The quantitative estimate of drug-likeness (QED) is 0.584. The van der Waals surface area contributed by atoms with Gasteiger partial charge in [-0.05, 0) is 45.7 Å². The molecule has 8 heteroatoms. The first-order valence-electron chi connectivity index (χ1n) is 10.5. The van der Waals surface area contributed by atoms with Crippen molar-refractivity contribution in [3.63, 3.8) is 0 Å². The zero-order valence-corrected chi connectivity index (χ0v) is 18.6. The highest BCUT2D eigenvalue weighted by Gasteiger charge is 2.22. The van der Waals surface area contributed by atoms with Gasteiger partial charge in [-0.25, -0.2) is 4.68 Å². The Kier molecular flexibility index (Phi) is 6.22. The number of hydrogen-bond donors (Lipinski definition) is 1. The van der Waals surface area contributed by atoms with E-state index in [1.807, 2.05) is 51.1 Å². The van der Waals surface area contributed by atoms with Gasteiger partial charge in [-0.3, -0.25) is 4.79 Å². The van der Waals surface area contributed by atoms with Gasteiger partial charge in [-0.15, -0.1) is 10.2 Å². The summed E-state index contributed by atoms with van der Waals surface area (Å²) in [6.45, 7) is 5.96. The van der Waals surface area contributed by atoms with Gasteiger partial charge in [0.15, 0.2) is 5.16 Å². The number of amides is 1. The molecule has 1 fully saturated rings. The van der Waals surface area contributed by atoms with Crippen molar-refractivity contribution in [2.75, 3.05) is 11.1 Å². The van der Waals surface area contributed by atoms with Crippen molar-refractivity contribution in [1.82, 2.24) is 24.5 Å². The van der Waals surface area contributed by atoms with Gasteiger partial charge in [0, 0.05) is 12.1 Å². The summed E-state index contributed by atoms with van der Waals surface area (Å²) >= 11 is 1.45. The van der Waals surface area contributed by atoms with Gasteiger partial charge >= 0.3 is 0 Å². The highest BCUT2D eigenvalue weighted by atomic mass is 32.2. The molecule has 0 atom stereocenters. The van der Waals surface area contributed by atoms with E-state index in [-0.39, 0.29) is 11.7 Å². The normalized spacial score (nSPS) is 14.8. The first-order chi connectivity index (χ1) is 14.5. The first-order valence-corrected chi connectivity index (χ1v) is 11.5. The van der Waals surface area contributed by atoms with Crippen LogP contribution in [0.5, 0.6) is 0 Å². The van der Waals surface area contributed by atoms with E-state index < -0.39 is 0 Å². The number of benzene rings is 1. The van der Waals surface area contributed by atoms with Gasteiger partial charge in [0.1, 0.15) is 11.6 Å². The third-order valence-electron chi connectivity index (χ3n) is 5.48. The summed E-state index contributed by atoms with van der Waals surface area (Å²) in [5.41, 5.74) is 2.96. The Morgan fingerprint density at radius 1 is 1.10 bits per heavy atom. The van der Waals surface area contributed by atoms with Crippen LogP contribution < -0.4 is 5.32 Å². The Bertz CT molecular complexity index is 1020. The molecule has 0 saturated heterocycles. The number of rotatable bonds is 6. The average molecular weight is 425 g/mol. The van der Waals surface area contributed by atoms with Crippen LogP contribution in [-0.2, 0) is 4.79 Å². The lowest BCUT2D eigenvalue weighted by Gasteiger charge is -2.24. The molecule has 1 N–H and O–H groups in total. The first kappa shape index (κ1) is 20.7. The van der Waals surface area contributed by atoms with E-state index in [9.17, 15) is 4.79 Å². The van der Waals surface area contributed by atoms with Crippen molar-refractivity contribution in [1.29, 1.82) is 0 Å². The molecule has 30 heavy (non-hydrogen) atoms. The predicted molar refractivity (Wildman–Crippen MR) is 119 cm³/mol. The van der Waals surface area contributed by atoms with Crippen LogP contribution in [0.25, 0.3) is 5.69 Å². The average Bonchev–Trinajstić information content (AvgIpc) is 3.29. The maximum absolute atomic E-state index is 12.7. The van der Waals surface area contributed by atoms with Crippen LogP contribution in [-0.4, -0.2) is 36.2 Å². The van der Waals surface area contributed by atoms with E-state index in [2.05, 4.69) is 25.2 Å². The van der Waals surface area contributed by atoms with Crippen molar-refractivity contribution in [3.8, 4) is 5.69 Å². The van der Waals surface area contributed by atoms with Gasteiger partial charge < -0.3 is 9.88 Å². The van der Waals surface area contributed by atoms with E-state index in [4.69, 9.17) is 0 Å². The standard InChI is InChI=1S/C22H28N6OS/c1-15-9-11-19(12-10-15)28-20(13-16(2)26-28)23-21(29)14-30-22-25-24-17(3)27(22)18-7-5-4-6-8-18/h9-13,18H,4-8,14H2,1-3H3,(H,23,29). The van der Waals surface area contributed by atoms with Crippen LogP contribution in [0.2, 0.25) is 0 Å². The molecule has 158 valence electrons. The number of nitrogens with one attached hydrogen (secondary N) is 1. The Balaban J connectivity index is 1.44.